The third-order valence-electron chi connectivity index (χ3n) is 9.65. The molecule has 10 heteroatoms. The van der Waals surface area contributed by atoms with E-state index in [1.165, 1.54) is 11.1 Å². The van der Waals surface area contributed by atoms with E-state index >= 15 is 0 Å². The molecule has 1 aromatic heterocycles. The number of nitriles is 1. The van der Waals surface area contributed by atoms with Crippen molar-refractivity contribution in [2.75, 3.05) is 6.54 Å². The summed E-state index contributed by atoms with van der Waals surface area (Å²) in [6.45, 7) is 12.8. The second-order valence-electron chi connectivity index (χ2n) is 15.2. The summed E-state index contributed by atoms with van der Waals surface area (Å²) in [6.07, 6.45) is 3.62. The van der Waals surface area contributed by atoms with Gasteiger partial charge in [0.25, 0.3) is 5.91 Å². The van der Waals surface area contributed by atoms with Gasteiger partial charge in [-0.3, -0.25) is 4.79 Å². The van der Waals surface area contributed by atoms with Crippen molar-refractivity contribution >= 4 is 23.6 Å². The third-order valence-corrected chi connectivity index (χ3v) is 9.98. The maximum Gasteiger partial charge on any atom is 0.407 e. The lowest BCUT2D eigenvalue weighted by molar-refractivity contribution is 0.0489. The topological polar surface area (TPSA) is 128 Å². The van der Waals surface area contributed by atoms with Gasteiger partial charge in [0, 0.05) is 36.3 Å². The SMILES string of the molecule is Cc1ccc(C(C)NCc2ccc(-c3ccc(Cl)c(C(=O)N[C@@H](CNC4CCC(NC(=O)OC(C)(C)C)CC4)Cc4ccc(C#N)c(C)c4)c3)o2)cc1. The summed E-state index contributed by atoms with van der Waals surface area (Å²) in [6, 6.07) is 25.9. The molecule has 3 aromatic carbocycles. The fraction of sp³-hybridized carbons (Fsp3) is 0.419. The normalized spacial score (nSPS) is 17.0. The molecule has 1 aliphatic carbocycles. The summed E-state index contributed by atoms with van der Waals surface area (Å²) in [5.41, 5.74) is 5.56. The van der Waals surface area contributed by atoms with Gasteiger partial charge >= 0.3 is 6.09 Å². The minimum absolute atomic E-state index is 0.0678. The van der Waals surface area contributed by atoms with Crippen LogP contribution in [0.25, 0.3) is 11.3 Å². The Kier molecular flexibility index (Phi) is 13.4. The second-order valence-corrected chi connectivity index (χ2v) is 15.6. The molecule has 2 atom stereocenters. The van der Waals surface area contributed by atoms with E-state index < -0.39 is 5.60 Å². The molecule has 0 aliphatic heterocycles. The molecule has 0 bridgehead atoms. The monoisotopic (exact) mass is 737 g/mol. The fourth-order valence-electron chi connectivity index (χ4n) is 6.63. The van der Waals surface area contributed by atoms with Crippen molar-refractivity contribution in [3.05, 3.63) is 117 Å². The van der Waals surface area contributed by atoms with Crippen molar-refractivity contribution in [3.8, 4) is 17.4 Å². The van der Waals surface area contributed by atoms with E-state index in [0.29, 0.717) is 41.4 Å². The minimum Gasteiger partial charge on any atom is -0.460 e. The molecule has 2 amide bonds. The Labute approximate surface area is 318 Å². The number of ether oxygens (including phenoxy) is 1. The number of rotatable bonds is 13. The molecule has 9 nitrogen and oxygen atoms in total. The molecule has 0 spiro atoms. The maximum atomic E-state index is 13.9. The Morgan fingerprint density at radius 3 is 2.36 bits per heavy atom. The Morgan fingerprint density at radius 1 is 0.962 bits per heavy atom. The highest BCUT2D eigenvalue weighted by atomic mass is 35.5. The molecule has 5 rings (SSSR count). The van der Waals surface area contributed by atoms with Crippen LogP contribution in [0.3, 0.4) is 0 Å². The number of nitrogens with zero attached hydrogens (tertiary/aromatic N) is 1. The first-order chi connectivity index (χ1) is 25.3. The third kappa shape index (κ3) is 11.7. The van der Waals surface area contributed by atoms with Crippen molar-refractivity contribution < 1.29 is 18.7 Å². The van der Waals surface area contributed by atoms with Crippen molar-refractivity contribution in [3.63, 3.8) is 0 Å². The van der Waals surface area contributed by atoms with E-state index in [-0.39, 0.29) is 36.2 Å². The summed E-state index contributed by atoms with van der Waals surface area (Å²) in [4.78, 5) is 26.2. The molecule has 0 saturated heterocycles. The summed E-state index contributed by atoms with van der Waals surface area (Å²) >= 11 is 6.63. The van der Waals surface area contributed by atoms with Crippen molar-refractivity contribution in [2.45, 2.75) is 110 Å². The average Bonchev–Trinajstić information content (AvgIpc) is 3.59. The zero-order valence-electron chi connectivity index (χ0n) is 31.6. The standard InChI is InChI=1S/C43H52ClN5O4/c1-27-7-10-31(11-8-27)29(3)46-26-37-18-20-40(52-37)32-13-19-39(44)38(23-32)41(50)48-36(22-30-9-12-33(24-45)28(2)21-30)25-47-34-14-16-35(17-15-34)49-42(51)53-43(4,5)6/h7-13,18-21,23,29,34-36,46-47H,14-17,22,25-26H2,1-6H3,(H,48,50)(H,49,51)/t29?,34?,35?,36-/m1/s1. The molecule has 53 heavy (non-hydrogen) atoms. The molecule has 1 heterocycles. The fourth-order valence-corrected chi connectivity index (χ4v) is 6.84. The number of amides is 2. The highest BCUT2D eigenvalue weighted by Gasteiger charge is 2.26. The highest BCUT2D eigenvalue weighted by Crippen LogP contribution is 2.28. The van der Waals surface area contributed by atoms with Gasteiger partial charge < -0.3 is 30.4 Å². The number of carbonyl (C=O) groups excluding carboxylic acids is 2. The number of halogens is 1. The smallest absolute Gasteiger partial charge is 0.407 e. The first kappa shape index (κ1) is 39.6. The van der Waals surface area contributed by atoms with Gasteiger partial charge in [0.05, 0.1) is 28.8 Å². The molecule has 1 saturated carbocycles. The molecular formula is C43H52ClN5O4. The Morgan fingerprint density at radius 2 is 1.68 bits per heavy atom. The highest BCUT2D eigenvalue weighted by molar-refractivity contribution is 6.34. The maximum absolute atomic E-state index is 13.9. The van der Waals surface area contributed by atoms with Crippen LogP contribution >= 0.6 is 11.6 Å². The zero-order chi connectivity index (χ0) is 38.1. The molecule has 280 valence electrons. The van der Waals surface area contributed by atoms with E-state index in [4.69, 9.17) is 20.8 Å². The van der Waals surface area contributed by atoms with Crippen LogP contribution in [0.5, 0.6) is 0 Å². The van der Waals surface area contributed by atoms with Gasteiger partial charge in [0.2, 0.25) is 0 Å². The molecule has 4 N–H and O–H groups in total. The van der Waals surface area contributed by atoms with Crippen molar-refractivity contribution in [1.29, 1.82) is 5.26 Å². The number of aryl methyl sites for hydroxylation is 2. The Bertz CT molecular complexity index is 1900. The van der Waals surface area contributed by atoms with Crippen LogP contribution < -0.4 is 21.3 Å². The summed E-state index contributed by atoms with van der Waals surface area (Å²) in [5, 5.41) is 23.2. The van der Waals surface area contributed by atoms with E-state index in [1.54, 1.807) is 12.1 Å². The van der Waals surface area contributed by atoms with Crippen LogP contribution in [-0.2, 0) is 17.7 Å². The van der Waals surface area contributed by atoms with Gasteiger partial charge in [-0.1, -0.05) is 53.6 Å². The molecular weight excluding hydrogens is 686 g/mol. The van der Waals surface area contributed by atoms with Crippen LogP contribution in [0.1, 0.15) is 103 Å². The largest absolute Gasteiger partial charge is 0.460 e. The summed E-state index contributed by atoms with van der Waals surface area (Å²) in [5.74, 6) is 1.16. The predicted octanol–water partition coefficient (Wildman–Crippen LogP) is 8.71. The lowest BCUT2D eigenvalue weighted by atomic mass is 9.91. The number of hydrogen-bond acceptors (Lipinski definition) is 7. The van der Waals surface area contributed by atoms with Crippen molar-refractivity contribution in [1.82, 2.24) is 21.3 Å². The van der Waals surface area contributed by atoms with Crippen LogP contribution in [0.15, 0.2) is 77.2 Å². The van der Waals surface area contributed by atoms with Gasteiger partial charge in [-0.05, 0) is 127 Å². The van der Waals surface area contributed by atoms with E-state index in [2.05, 4.69) is 65.4 Å². The van der Waals surface area contributed by atoms with Crippen LogP contribution in [0.4, 0.5) is 4.79 Å². The van der Waals surface area contributed by atoms with Crippen LogP contribution in [0, 0.1) is 25.2 Å². The molecule has 1 aliphatic rings. The number of benzene rings is 3. The number of alkyl carbamates (subject to hydrolysis) is 1. The molecule has 1 fully saturated rings. The first-order valence-electron chi connectivity index (χ1n) is 18.5. The van der Waals surface area contributed by atoms with E-state index in [9.17, 15) is 14.9 Å². The van der Waals surface area contributed by atoms with Gasteiger partial charge in [0.15, 0.2) is 0 Å². The number of furan rings is 1. The lowest BCUT2D eigenvalue weighted by Crippen LogP contribution is -2.48. The van der Waals surface area contributed by atoms with Crippen LogP contribution in [-0.4, -0.2) is 42.3 Å². The number of carbonyl (C=O) groups is 2. The van der Waals surface area contributed by atoms with Gasteiger partial charge in [0.1, 0.15) is 17.1 Å². The van der Waals surface area contributed by atoms with Crippen LogP contribution in [0.2, 0.25) is 5.02 Å². The first-order valence-corrected chi connectivity index (χ1v) is 18.9. The quantitative estimate of drug-likeness (QED) is 0.108. The number of hydrogen-bond donors (Lipinski definition) is 4. The van der Waals surface area contributed by atoms with Gasteiger partial charge in [-0.15, -0.1) is 0 Å². The average molecular weight is 738 g/mol. The summed E-state index contributed by atoms with van der Waals surface area (Å²) < 4.78 is 11.6. The summed E-state index contributed by atoms with van der Waals surface area (Å²) in [7, 11) is 0. The van der Waals surface area contributed by atoms with Crippen molar-refractivity contribution in [2.24, 2.45) is 0 Å². The number of nitrogens with one attached hydrogen (secondary N) is 4. The molecule has 0 radical (unpaired) electrons. The molecule has 4 aromatic rings. The van der Waals surface area contributed by atoms with Gasteiger partial charge in [-0.25, -0.2) is 4.79 Å². The zero-order valence-corrected chi connectivity index (χ0v) is 32.4. The van der Waals surface area contributed by atoms with E-state index in [1.807, 2.05) is 64.1 Å². The van der Waals surface area contributed by atoms with Gasteiger partial charge in [-0.2, -0.15) is 5.26 Å². The lowest BCUT2D eigenvalue weighted by Gasteiger charge is -2.31. The Hall–Kier alpha value is -4.62. The minimum atomic E-state index is -0.539. The van der Waals surface area contributed by atoms with E-state index in [0.717, 1.165) is 48.1 Å². The second kappa shape index (κ2) is 17.9. The molecule has 1 unspecified atom stereocenters. The predicted molar refractivity (Wildman–Crippen MR) is 210 cm³/mol. The Balaban J connectivity index is 1.23.